The van der Waals surface area contributed by atoms with E-state index in [-0.39, 0.29) is 23.6 Å². The molecule has 7 heteroatoms. The van der Waals surface area contributed by atoms with Crippen molar-refractivity contribution in [2.45, 2.75) is 57.6 Å². The van der Waals surface area contributed by atoms with E-state index in [0.29, 0.717) is 5.69 Å². The fourth-order valence-corrected chi connectivity index (χ4v) is 5.03. The van der Waals surface area contributed by atoms with E-state index in [2.05, 4.69) is 27.4 Å². The lowest BCUT2D eigenvalue weighted by Gasteiger charge is -2.57. The molecule has 154 valence electrons. The van der Waals surface area contributed by atoms with E-state index in [1.54, 1.807) is 6.20 Å². The van der Waals surface area contributed by atoms with Crippen molar-refractivity contribution in [2.75, 3.05) is 43.1 Å². The van der Waals surface area contributed by atoms with Crippen molar-refractivity contribution in [3.63, 3.8) is 0 Å². The topological polar surface area (TPSA) is 75.7 Å². The molecule has 2 unspecified atom stereocenters. The summed E-state index contributed by atoms with van der Waals surface area (Å²) in [6.07, 6.45) is 8.99. The van der Waals surface area contributed by atoms with E-state index in [4.69, 9.17) is 9.47 Å². The van der Waals surface area contributed by atoms with Crippen LogP contribution in [-0.2, 0) is 9.47 Å². The third-order valence-corrected chi connectivity index (χ3v) is 6.58. The Morgan fingerprint density at radius 1 is 1.29 bits per heavy atom. The Hall–Kier alpha value is -1.86. The lowest BCUT2D eigenvalue weighted by Crippen LogP contribution is -2.65. The monoisotopic (exact) mass is 388 g/mol. The van der Waals surface area contributed by atoms with Crippen LogP contribution >= 0.6 is 0 Å². The summed E-state index contributed by atoms with van der Waals surface area (Å²) in [5.74, 6) is 0.925. The first-order valence-electron chi connectivity index (χ1n) is 10.7. The van der Waals surface area contributed by atoms with Gasteiger partial charge >= 0.3 is 6.03 Å². The normalized spacial score (nSPS) is 26.5. The van der Waals surface area contributed by atoms with Gasteiger partial charge < -0.3 is 25.0 Å². The average molecular weight is 389 g/mol. The zero-order chi connectivity index (χ0) is 19.4. The predicted molar refractivity (Wildman–Crippen MR) is 109 cm³/mol. The van der Waals surface area contributed by atoms with Crippen molar-refractivity contribution in [3.05, 3.63) is 18.3 Å². The molecule has 2 N–H and O–H groups in total. The Morgan fingerprint density at radius 3 is 2.75 bits per heavy atom. The highest BCUT2D eigenvalue weighted by molar-refractivity contribution is 5.89. The second-order valence-electron chi connectivity index (χ2n) is 8.13. The first kappa shape index (κ1) is 19.5. The second-order valence-corrected chi connectivity index (χ2v) is 8.13. The quantitative estimate of drug-likeness (QED) is 0.810. The zero-order valence-corrected chi connectivity index (χ0v) is 16.8. The van der Waals surface area contributed by atoms with Gasteiger partial charge in [0.1, 0.15) is 5.82 Å². The Labute approximate surface area is 167 Å². The van der Waals surface area contributed by atoms with Crippen molar-refractivity contribution in [3.8, 4) is 0 Å². The largest absolute Gasteiger partial charge is 0.378 e. The van der Waals surface area contributed by atoms with Crippen LogP contribution in [0.2, 0.25) is 0 Å². The third-order valence-electron chi connectivity index (χ3n) is 6.58. The van der Waals surface area contributed by atoms with Gasteiger partial charge in [0.2, 0.25) is 0 Å². The summed E-state index contributed by atoms with van der Waals surface area (Å²) in [6, 6.07) is 3.92. The van der Waals surface area contributed by atoms with E-state index < -0.39 is 0 Å². The maximum absolute atomic E-state index is 12.6. The lowest BCUT2D eigenvalue weighted by atomic mass is 9.55. The Morgan fingerprint density at radius 2 is 2.07 bits per heavy atom. The number of aromatic nitrogens is 1. The molecule has 0 radical (unpaired) electrons. The summed E-state index contributed by atoms with van der Waals surface area (Å²) >= 11 is 0. The third kappa shape index (κ3) is 3.96. The number of nitrogens with one attached hydrogen (secondary N) is 2. The van der Waals surface area contributed by atoms with Crippen LogP contribution in [0.3, 0.4) is 0 Å². The minimum Gasteiger partial charge on any atom is -0.378 e. The zero-order valence-electron chi connectivity index (χ0n) is 16.8. The highest BCUT2D eigenvalue weighted by Gasteiger charge is 2.56. The van der Waals surface area contributed by atoms with E-state index in [1.807, 2.05) is 12.1 Å². The Bertz CT molecular complexity index is 654. The van der Waals surface area contributed by atoms with Gasteiger partial charge in [0.15, 0.2) is 0 Å². The average Bonchev–Trinajstić information content (AvgIpc) is 2.75. The van der Waals surface area contributed by atoms with Gasteiger partial charge in [-0.1, -0.05) is 19.3 Å². The number of carbonyl (C=O) groups is 1. The molecule has 0 aromatic carbocycles. The summed E-state index contributed by atoms with van der Waals surface area (Å²) in [4.78, 5) is 19.3. The number of rotatable bonds is 5. The molecule has 4 rings (SSSR count). The molecular formula is C21H32N4O3. The summed E-state index contributed by atoms with van der Waals surface area (Å²) in [5.41, 5.74) is 0.845. The van der Waals surface area contributed by atoms with Gasteiger partial charge in [0, 0.05) is 31.2 Å². The summed E-state index contributed by atoms with van der Waals surface area (Å²) in [6.45, 7) is 5.96. The fourth-order valence-electron chi connectivity index (χ4n) is 5.03. The van der Waals surface area contributed by atoms with Gasteiger partial charge in [-0.05, 0) is 38.3 Å². The molecule has 2 heterocycles. The van der Waals surface area contributed by atoms with Gasteiger partial charge in [-0.2, -0.15) is 0 Å². The van der Waals surface area contributed by atoms with E-state index in [0.717, 1.165) is 58.0 Å². The molecule has 28 heavy (non-hydrogen) atoms. The first-order valence-corrected chi connectivity index (χ1v) is 10.7. The molecule has 2 amide bonds. The lowest BCUT2D eigenvalue weighted by molar-refractivity contribution is -0.146. The van der Waals surface area contributed by atoms with Crippen LogP contribution in [0, 0.1) is 5.41 Å². The highest BCUT2D eigenvalue weighted by Crippen LogP contribution is 2.53. The molecule has 3 aliphatic rings. The highest BCUT2D eigenvalue weighted by atomic mass is 16.5. The van der Waals surface area contributed by atoms with Crippen LogP contribution in [0.15, 0.2) is 18.3 Å². The van der Waals surface area contributed by atoms with Gasteiger partial charge in [-0.25, -0.2) is 9.78 Å². The standard InChI is InChI=1S/C21H32N4O3/c1-2-28-18-14-17(21(18)8-4-3-5-9-21)24-20(26)23-16-6-7-19(22-15-16)25-10-12-27-13-11-25/h6-7,15,17-18H,2-5,8-14H2,1H3,(H2,23,24,26). The fraction of sp³-hybridized carbons (Fsp3) is 0.714. The number of ether oxygens (including phenoxy) is 2. The van der Waals surface area contributed by atoms with Crippen molar-refractivity contribution in [2.24, 2.45) is 5.41 Å². The second kappa shape index (κ2) is 8.66. The van der Waals surface area contributed by atoms with E-state index in [1.165, 1.54) is 19.3 Å². The first-order chi connectivity index (χ1) is 13.7. The molecule has 1 aromatic heterocycles. The maximum atomic E-state index is 12.6. The molecule has 2 saturated carbocycles. The number of nitrogens with zero attached hydrogens (tertiary/aromatic N) is 2. The molecule has 3 fully saturated rings. The van der Waals surface area contributed by atoms with Crippen LogP contribution in [0.4, 0.5) is 16.3 Å². The Kier molecular flexibility index (Phi) is 6.01. The molecule has 2 aliphatic carbocycles. The smallest absolute Gasteiger partial charge is 0.319 e. The summed E-state index contributed by atoms with van der Waals surface area (Å²) in [5, 5.41) is 6.15. The van der Waals surface area contributed by atoms with Gasteiger partial charge in [0.25, 0.3) is 0 Å². The number of urea groups is 1. The molecule has 0 bridgehead atoms. The van der Waals surface area contributed by atoms with Crippen molar-refractivity contribution in [1.29, 1.82) is 0 Å². The summed E-state index contributed by atoms with van der Waals surface area (Å²) in [7, 11) is 0. The van der Waals surface area contributed by atoms with Gasteiger partial charge in [-0.15, -0.1) is 0 Å². The van der Waals surface area contributed by atoms with E-state index >= 15 is 0 Å². The van der Waals surface area contributed by atoms with Crippen molar-refractivity contribution >= 4 is 17.5 Å². The van der Waals surface area contributed by atoms with Crippen LogP contribution in [0.5, 0.6) is 0 Å². The molecule has 1 spiro atoms. The van der Waals surface area contributed by atoms with Gasteiger partial charge in [-0.3, -0.25) is 0 Å². The SMILES string of the molecule is CCOC1CC(NC(=O)Nc2ccc(N3CCOCC3)nc2)C12CCCCC2. The number of morpholine rings is 1. The van der Waals surface area contributed by atoms with Crippen molar-refractivity contribution in [1.82, 2.24) is 10.3 Å². The predicted octanol–water partition coefficient (Wildman–Crippen LogP) is 3.17. The maximum Gasteiger partial charge on any atom is 0.319 e. The minimum absolute atomic E-state index is 0.129. The van der Waals surface area contributed by atoms with Gasteiger partial charge in [0.05, 0.1) is 31.2 Å². The minimum atomic E-state index is -0.147. The number of pyridine rings is 1. The van der Waals surface area contributed by atoms with Crippen molar-refractivity contribution < 1.29 is 14.3 Å². The van der Waals surface area contributed by atoms with Crippen LogP contribution in [0.1, 0.15) is 45.4 Å². The summed E-state index contributed by atoms with van der Waals surface area (Å²) < 4.78 is 11.4. The van der Waals surface area contributed by atoms with Crippen LogP contribution in [-0.4, -0.2) is 56.1 Å². The number of hydrogen-bond donors (Lipinski definition) is 2. The molecule has 1 aliphatic heterocycles. The van der Waals surface area contributed by atoms with E-state index in [9.17, 15) is 4.79 Å². The molecular weight excluding hydrogens is 356 g/mol. The Balaban J connectivity index is 1.32. The molecule has 1 aromatic rings. The number of amides is 2. The molecule has 7 nitrogen and oxygen atoms in total. The van der Waals surface area contributed by atoms with Crippen LogP contribution in [0.25, 0.3) is 0 Å². The van der Waals surface area contributed by atoms with Crippen LogP contribution < -0.4 is 15.5 Å². The number of carbonyl (C=O) groups excluding carboxylic acids is 1. The number of hydrogen-bond acceptors (Lipinski definition) is 5. The molecule has 2 atom stereocenters. The number of anilines is 2. The molecule has 1 saturated heterocycles.